The van der Waals surface area contributed by atoms with Crippen molar-refractivity contribution in [1.82, 2.24) is 5.32 Å². The lowest BCUT2D eigenvalue weighted by molar-refractivity contribution is 0.0213. The predicted molar refractivity (Wildman–Crippen MR) is 83.5 cm³/mol. The number of Topliss-reactive ketones (excluding diaryl/α,β-unsaturated/α-hetero) is 1. The molecule has 1 aromatic rings. The van der Waals surface area contributed by atoms with Crippen LogP contribution in [0.4, 0.5) is 0 Å². The zero-order valence-corrected chi connectivity index (χ0v) is 13.1. The minimum Gasteiger partial charge on any atom is -0.388 e. The van der Waals surface area contributed by atoms with E-state index in [1.807, 2.05) is 13.8 Å². The van der Waals surface area contributed by atoms with E-state index in [1.54, 1.807) is 24.3 Å². The molecular weight excluding hydrogens is 266 g/mol. The van der Waals surface area contributed by atoms with Crippen LogP contribution in [0.5, 0.6) is 0 Å². The number of hydrogen-bond donors (Lipinski definition) is 2. The van der Waals surface area contributed by atoms with Crippen molar-refractivity contribution in [2.45, 2.75) is 52.1 Å². The molecular formula is C17H25NO3. The van der Waals surface area contributed by atoms with E-state index in [2.05, 4.69) is 5.32 Å². The Kier molecular flexibility index (Phi) is 6.56. The number of ketones is 1. The summed E-state index contributed by atoms with van der Waals surface area (Å²) in [5.41, 5.74) is -0.102. The number of hydrogen-bond acceptors (Lipinski definition) is 3. The fourth-order valence-corrected chi connectivity index (χ4v) is 2.56. The molecule has 0 aromatic heterocycles. The number of carbonyl (C=O) groups is 2. The Morgan fingerprint density at radius 1 is 1.10 bits per heavy atom. The van der Waals surface area contributed by atoms with Gasteiger partial charge in [-0.05, 0) is 25.8 Å². The minimum atomic E-state index is -0.871. The molecule has 0 spiro atoms. The van der Waals surface area contributed by atoms with E-state index >= 15 is 0 Å². The first kappa shape index (κ1) is 17.4. The summed E-state index contributed by atoms with van der Waals surface area (Å²) in [6.07, 6.45) is 3.01. The van der Waals surface area contributed by atoms with Crippen molar-refractivity contribution in [2.24, 2.45) is 0 Å². The molecule has 1 rings (SSSR count). The highest BCUT2D eigenvalue weighted by Gasteiger charge is 2.26. The number of nitrogens with one attached hydrogen (secondary N) is 1. The van der Waals surface area contributed by atoms with Crippen LogP contribution >= 0.6 is 0 Å². The van der Waals surface area contributed by atoms with Gasteiger partial charge in [-0.25, -0.2) is 0 Å². The van der Waals surface area contributed by atoms with Crippen molar-refractivity contribution in [3.8, 4) is 0 Å². The third kappa shape index (κ3) is 4.97. The van der Waals surface area contributed by atoms with Crippen molar-refractivity contribution in [1.29, 1.82) is 0 Å². The number of amides is 1. The maximum absolute atomic E-state index is 12.3. The van der Waals surface area contributed by atoms with E-state index in [0.29, 0.717) is 24.0 Å². The molecule has 0 aliphatic rings. The number of benzene rings is 1. The zero-order chi connectivity index (χ0) is 15.9. The smallest absolute Gasteiger partial charge is 0.252 e. The second kappa shape index (κ2) is 7.93. The quantitative estimate of drug-likeness (QED) is 0.724. The van der Waals surface area contributed by atoms with E-state index in [-0.39, 0.29) is 18.2 Å². The Hall–Kier alpha value is -1.68. The first-order chi connectivity index (χ1) is 9.93. The van der Waals surface area contributed by atoms with E-state index in [9.17, 15) is 14.7 Å². The van der Waals surface area contributed by atoms with Gasteiger partial charge in [0.1, 0.15) is 0 Å². The first-order valence-electron chi connectivity index (χ1n) is 7.54. The highest BCUT2D eigenvalue weighted by Crippen LogP contribution is 2.19. The summed E-state index contributed by atoms with van der Waals surface area (Å²) >= 11 is 0. The highest BCUT2D eigenvalue weighted by molar-refractivity contribution is 6.07. The molecule has 0 unspecified atom stereocenters. The molecule has 0 saturated heterocycles. The topological polar surface area (TPSA) is 66.4 Å². The van der Waals surface area contributed by atoms with Crippen molar-refractivity contribution in [3.05, 3.63) is 35.4 Å². The van der Waals surface area contributed by atoms with Crippen molar-refractivity contribution < 1.29 is 14.7 Å². The van der Waals surface area contributed by atoms with Crippen molar-refractivity contribution >= 4 is 11.7 Å². The van der Waals surface area contributed by atoms with Crippen LogP contribution < -0.4 is 5.32 Å². The lowest BCUT2D eigenvalue weighted by Gasteiger charge is -2.27. The second-order valence-corrected chi connectivity index (χ2v) is 5.51. The molecule has 4 heteroatoms. The van der Waals surface area contributed by atoms with Crippen LogP contribution in [0.15, 0.2) is 24.3 Å². The van der Waals surface area contributed by atoms with Gasteiger partial charge >= 0.3 is 0 Å². The standard InChI is InChI=1S/C17H25NO3/c1-4-10-17(21,11-5-2)12-18-16(20)15-9-7-6-8-14(15)13(3)19/h6-9,21H,4-5,10-12H2,1-3H3,(H,18,20). The molecule has 0 aliphatic heterocycles. The third-order valence-electron chi connectivity index (χ3n) is 3.56. The van der Waals surface area contributed by atoms with Gasteiger partial charge in [-0.2, -0.15) is 0 Å². The molecule has 2 N–H and O–H groups in total. The van der Waals surface area contributed by atoms with Gasteiger partial charge in [0, 0.05) is 12.1 Å². The second-order valence-electron chi connectivity index (χ2n) is 5.51. The van der Waals surface area contributed by atoms with Crippen molar-refractivity contribution in [2.75, 3.05) is 6.54 Å². The summed E-state index contributed by atoms with van der Waals surface area (Å²) in [5, 5.41) is 13.3. The van der Waals surface area contributed by atoms with Gasteiger partial charge in [-0.15, -0.1) is 0 Å². The molecule has 116 valence electrons. The SMILES string of the molecule is CCCC(O)(CCC)CNC(=O)c1ccccc1C(C)=O. The fourth-order valence-electron chi connectivity index (χ4n) is 2.56. The van der Waals surface area contributed by atoms with Crippen LogP contribution in [0.1, 0.15) is 67.2 Å². The monoisotopic (exact) mass is 291 g/mol. The van der Waals surface area contributed by atoms with Crippen LogP contribution in [0.25, 0.3) is 0 Å². The lowest BCUT2D eigenvalue weighted by atomic mass is 9.92. The lowest BCUT2D eigenvalue weighted by Crippen LogP contribution is -2.43. The molecule has 0 saturated carbocycles. The van der Waals surface area contributed by atoms with Gasteiger partial charge in [0.15, 0.2) is 5.78 Å². The van der Waals surface area contributed by atoms with Crippen LogP contribution in [-0.4, -0.2) is 28.9 Å². The summed E-state index contributed by atoms with van der Waals surface area (Å²) in [7, 11) is 0. The Morgan fingerprint density at radius 2 is 1.62 bits per heavy atom. The minimum absolute atomic E-state index is 0.141. The average molecular weight is 291 g/mol. The third-order valence-corrected chi connectivity index (χ3v) is 3.56. The van der Waals surface area contributed by atoms with Gasteiger partial charge in [0.05, 0.1) is 11.2 Å². The van der Waals surface area contributed by atoms with E-state index in [1.165, 1.54) is 6.92 Å². The molecule has 4 nitrogen and oxygen atoms in total. The highest BCUT2D eigenvalue weighted by atomic mass is 16.3. The van der Waals surface area contributed by atoms with Gasteiger partial charge < -0.3 is 10.4 Å². The van der Waals surface area contributed by atoms with Gasteiger partial charge in [-0.3, -0.25) is 9.59 Å². The van der Waals surface area contributed by atoms with Crippen LogP contribution in [-0.2, 0) is 0 Å². The molecule has 0 fully saturated rings. The number of rotatable bonds is 8. The summed E-state index contributed by atoms with van der Waals surface area (Å²) in [6.45, 7) is 5.66. The zero-order valence-electron chi connectivity index (χ0n) is 13.1. The predicted octanol–water partition coefficient (Wildman–Crippen LogP) is 2.95. The molecule has 0 radical (unpaired) electrons. The van der Waals surface area contributed by atoms with E-state index in [0.717, 1.165) is 12.8 Å². The van der Waals surface area contributed by atoms with Crippen LogP contribution in [0, 0.1) is 0 Å². The molecule has 1 aromatic carbocycles. The summed E-state index contributed by atoms with van der Waals surface area (Å²) in [4.78, 5) is 23.8. The average Bonchev–Trinajstić information content (AvgIpc) is 2.45. The Morgan fingerprint density at radius 3 is 2.10 bits per heavy atom. The molecule has 21 heavy (non-hydrogen) atoms. The molecule has 0 aliphatic carbocycles. The maximum Gasteiger partial charge on any atom is 0.252 e. The molecule has 1 amide bonds. The number of aliphatic hydroxyl groups is 1. The van der Waals surface area contributed by atoms with Gasteiger partial charge in [-0.1, -0.05) is 44.9 Å². The Labute approximate surface area is 126 Å². The van der Waals surface area contributed by atoms with Gasteiger partial charge in [0.25, 0.3) is 5.91 Å². The van der Waals surface area contributed by atoms with E-state index in [4.69, 9.17) is 0 Å². The fraction of sp³-hybridized carbons (Fsp3) is 0.529. The largest absolute Gasteiger partial charge is 0.388 e. The molecule has 0 atom stereocenters. The molecule has 0 heterocycles. The first-order valence-corrected chi connectivity index (χ1v) is 7.54. The Bertz CT molecular complexity index is 491. The van der Waals surface area contributed by atoms with Gasteiger partial charge in [0.2, 0.25) is 0 Å². The van der Waals surface area contributed by atoms with Crippen LogP contribution in [0.2, 0.25) is 0 Å². The molecule has 0 bridgehead atoms. The summed E-state index contributed by atoms with van der Waals surface area (Å²) < 4.78 is 0. The summed E-state index contributed by atoms with van der Waals surface area (Å²) in [5.74, 6) is -0.454. The number of carbonyl (C=O) groups excluding carboxylic acids is 2. The van der Waals surface area contributed by atoms with Crippen molar-refractivity contribution in [3.63, 3.8) is 0 Å². The Balaban J connectivity index is 2.80. The maximum atomic E-state index is 12.3. The summed E-state index contributed by atoms with van der Waals surface area (Å²) in [6, 6.07) is 6.73. The van der Waals surface area contributed by atoms with E-state index < -0.39 is 5.60 Å². The van der Waals surface area contributed by atoms with Crippen LogP contribution in [0.3, 0.4) is 0 Å². The normalized spacial score (nSPS) is 11.2.